The van der Waals surface area contributed by atoms with Gasteiger partial charge in [-0.05, 0) is 73.2 Å². The van der Waals surface area contributed by atoms with Crippen LogP contribution in [0.5, 0.6) is 11.5 Å². The van der Waals surface area contributed by atoms with Crippen LogP contribution < -0.4 is 10.2 Å². The molecule has 3 aromatic rings. The van der Waals surface area contributed by atoms with Crippen molar-refractivity contribution in [1.82, 2.24) is 10.4 Å². The van der Waals surface area contributed by atoms with Crippen LogP contribution in [0.15, 0.2) is 64.0 Å². The number of hydrogen-bond acceptors (Lipinski definition) is 7. The molecule has 0 spiro atoms. The van der Waals surface area contributed by atoms with E-state index in [1.165, 1.54) is 24.3 Å². The Morgan fingerprint density at radius 3 is 2.52 bits per heavy atom. The number of benzene rings is 3. The molecule has 3 aromatic carbocycles. The van der Waals surface area contributed by atoms with Gasteiger partial charge in [0, 0.05) is 16.1 Å². The maximum Gasteiger partial charge on any atom is 0.416 e. The average molecular weight is 673 g/mol. The lowest BCUT2D eigenvalue weighted by atomic mass is 10.1. The summed E-state index contributed by atoms with van der Waals surface area (Å²) in [7, 11) is 0. The molecule has 1 N–H and O–H groups in total. The summed E-state index contributed by atoms with van der Waals surface area (Å²) in [6, 6.07) is 11.2. The van der Waals surface area contributed by atoms with Crippen molar-refractivity contribution in [2.45, 2.75) is 13.1 Å². The molecule has 1 aliphatic rings. The number of thioether (sulfide) groups is 1. The largest absolute Gasteiger partial charge is 0.449 e. The maximum atomic E-state index is 13.1. The van der Waals surface area contributed by atoms with Gasteiger partial charge in [0.15, 0.2) is 4.32 Å². The van der Waals surface area contributed by atoms with Crippen LogP contribution in [0.3, 0.4) is 0 Å². The number of hydrazine groups is 1. The molecule has 1 saturated heterocycles. The highest BCUT2D eigenvalue weighted by atomic mass is 79.9. The lowest BCUT2D eigenvalue weighted by molar-refractivity contribution is -0.385. The third kappa shape index (κ3) is 6.46. The van der Waals surface area contributed by atoms with E-state index in [-0.39, 0.29) is 31.1 Å². The first-order valence-electron chi connectivity index (χ1n) is 10.9. The summed E-state index contributed by atoms with van der Waals surface area (Å²) in [6.45, 7) is 1.80. The maximum absolute atomic E-state index is 13.1. The van der Waals surface area contributed by atoms with Crippen molar-refractivity contribution in [2.24, 2.45) is 0 Å². The molecule has 0 aliphatic carbocycles. The van der Waals surface area contributed by atoms with Crippen LogP contribution in [0.1, 0.15) is 27.0 Å². The topological polar surface area (TPSA) is 102 Å². The number of halogens is 5. The first kappa shape index (κ1) is 29.5. The average Bonchev–Trinajstić information content (AvgIpc) is 3.12. The van der Waals surface area contributed by atoms with Crippen LogP contribution in [0.2, 0.25) is 5.02 Å². The summed E-state index contributed by atoms with van der Waals surface area (Å²) >= 11 is 15.6. The van der Waals surface area contributed by atoms with E-state index in [0.29, 0.717) is 16.6 Å². The van der Waals surface area contributed by atoms with Crippen molar-refractivity contribution in [3.63, 3.8) is 0 Å². The second kappa shape index (κ2) is 11.6. The van der Waals surface area contributed by atoms with Crippen molar-refractivity contribution in [2.75, 3.05) is 0 Å². The Labute approximate surface area is 247 Å². The quantitative estimate of drug-likeness (QED) is 0.124. The Morgan fingerprint density at radius 1 is 1.18 bits per heavy atom. The van der Waals surface area contributed by atoms with Gasteiger partial charge in [-0.25, -0.2) is 0 Å². The predicted molar refractivity (Wildman–Crippen MR) is 151 cm³/mol. The zero-order valence-electron chi connectivity index (χ0n) is 19.9. The number of carbonyl (C=O) groups is 2. The smallest absolute Gasteiger partial charge is 0.416 e. The van der Waals surface area contributed by atoms with Gasteiger partial charge in [-0.1, -0.05) is 45.4 Å². The van der Waals surface area contributed by atoms with E-state index < -0.39 is 39.9 Å². The lowest BCUT2D eigenvalue weighted by Crippen LogP contribution is -2.44. The van der Waals surface area contributed by atoms with Crippen molar-refractivity contribution < 1.29 is 32.4 Å². The molecule has 206 valence electrons. The van der Waals surface area contributed by atoms with Gasteiger partial charge in [-0.2, -0.15) is 18.2 Å². The lowest BCUT2D eigenvalue weighted by Gasteiger charge is -2.16. The highest BCUT2D eigenvalue weighted by Crippen LogP contribution is 2.40. The van der Waals surface area contributed by atoms with Gasteiger partial charge in [-0.3, -0.25) is 25.1 Å². The monoisotopic (exact) mass is 671 g/mol. The van der Waals surface area contributed by atoms with Crippen LogP contribution in [0, 0.1) is 17.0 Å². The van der Waals surface area contributed by atoms with E-state index in [0.717, 1.165) is 28.4 Å². The van der Waals surface area contributed by atoms with Crippen LogP contribution in [0.25, 0.3) is 6.08 Å². The summed E-state index contributed by atoms with van der Waals surface area (Å²) in [5.74, 6) is -1.77. The molecule has 2 amide bonds. The highest BCUT2D eigenvalue weighted by molar-refractivity contribution is 9.10. The van der Waals surface area contributed by atoms with Crippen molar-refractivity contribution in [3.8, 4) is 11.5 Å². The molecule has 0 atom stereocenters. The molecule has 1 fully saturated rings. The second-order valence-corrected chi connectivity index (χ2v) is 11.2. The van der Waals surface area contributed by atoms with Crippen molar-refractivity contribution in [1.29, 1.82) is 0 Å². The molecule has 4 rings (SSSR count). The number of ether oxygens (including phenoxy) is 1. The van der Waals surface area contributed by atoms with E-state index >= 15 is 0 Å². The van der Waals surface area contributed by atoms with Crippen LogP contribution in [-0.2, 0) is 11.0 Å². The Balaban J connectivity index is 1.63. The number of amides is 2. The molecule has 0 bridgehead atoms. The number of hydrogen-bond donors (Lipinski definition) is 1. The summed E-state index contributed by atoms with van der Waals surface area (Å²) in [5, 5.41) is 12.5. The van der Waals surface area contributed by atoms with Gasteiger partial charge in [0.2, 0.25) is 5.75 Å². The summed E-state index contributed by atoms with van der Waals surface area (Å²) in [6.07, 6.45) is -3.42. The molecule has 0 saturated carbocycles. The SMILES string of the molecule is Cc1ccc(C(=O)NN2C(=O)/C(=C\c3cc(Br)ccc3Oc3ccc(C(F)(F)F)cc3[N+](=O)[O-])SC2=S)c(Cl)c1. The Hall–Kier alpha value is -3.46. The van der Waals surface area contributed by atoms with E-state index in [4.69, 9.17) is 28.6 Å². The Morgan fingerprint density at radius 2 is 1.88 bits per heavy atom. The minimum absolute atomic E-state index is 0.00630. The zero-order valence-corrected chi connectivity index (χ0v) is 23.9. The van der Waals surface area contributed by atoms with Crippen LogP contribution in [-0.4, -0.2) is 26.1 Å². The highest BCUT2D eigenvalue weighted by Gasteiger charge is 2.35. The number of carbonyl (C=O) groups excluding carboxylic acids is 2. The molecular weight excluding hydrogens is 659 g/mol. The standard InChI is InChI=1S/C25H14BrClF3N3O5S2/c1-12-2-5-16(17(27)8-12)22(34)31-32-23(35)21(40-24(32)39)10-13-9-15(26)4-7-19(13)38-20-6-3-14(25(28,29)30)11-18(20)33(36)37/h2-11H,1H3,(H,31,34)/b21-10+. The minimum atomic E-state index is -4.79. The fraction of sp³-hybridized carbons (Fsp3) is 0.0800. The number of alkyl halides is 3. The normalized spacial score (nSPS) is 14.6. The van der Waals surface area contributed by atoms with E-state index in [9.17, 15) is 32.9 Å². The molecule has 1 heterocycles. The number of nitro groups is 1. The molecular formula is C25H14BrClF3N3O5S2. The first-order chi connectivity index (χ1) is 18.7. The third-order valence-electron chi connectivity index (χ3n) is 5.34. The molecule has 8 nitrogen and oxygen atoms in total. The fourth-order valence-corrected chi connectivity index (χ4v) is 5.31. The molecule has 40 heavy (non-hydrogen) atoms. The zero-order chi connectivity index (χ0) is 29.4. The molecule has 0 radical (unpaired) electrons. The van der Waals surface area contributed by atoms with Crippen molar-refractivity contribution >= 4 is 79.4 Å². The van der Waals surface area contributed by atoms with Gasteiger partial charge in [0.25, 0.3) is 11.8 Å². The summed E-state index contributed by atoms with van der Waals surface area (Å²) in [4.78, 5) is 36.4. The number of thiocarbonyl (C=S) groups is 1. The molecule has 0 aromatic heterocycles. The number of nitro benzene ring substituents is 1. The van der Waals surface area contributed by atoms with Gasteiger partial charge in [0.05, 0.1) is 26.0 Å². The second-order valence-electron chi connectivity index (χ2n) is 8.16. The van der Waals surface area contributed by atoms with Crippen LogP contribution >= 0.6 is 51.5 Å². The van der Waals surface area contributed by atoms with Crippen molar-refractivity contribution in [3.05, 3.63) is 101 Å². The molecule has 15 heteroatoms. The summed E-state index contributed by atoms with van der Waals surface area (Å²) in [5.41, 5.74) is 1.53. The minimum Gasteiger partial charge on any atom is -0.449 e. The van der Waals surface area contributed by atoms with E-state index in [2.05, 4.69) is 21.4 Å². The Bertz CT molecular complexity index is 1620. The van der Waals surface area contributed by atoms with Crippen LogP contribution in [0.4, 0.5) is 18.9 Å². The first-order valence-corrected chi connectivity index (χ1v) is 13.3. The number of rotatable bonds is 6. The third-order valence-corrected chi connectivity index (χ3v) is 7.45. The van der Waals surface area contributed by atoms with Gasteiger partial charge in [0.1, 0.15) is 5.75 Å². The number of aryl methyl sites for hydroxylation is 1. The fourth-order valence-electron chi connectivity index (χ4n) is 3.44. The predicted octanol–water partition coefficient (Wildman–Crippen LogP) is 7.68. The number of nitrogens with zero attached hydrogens (tertiary/aromatic N) is 2. The molecule has 1 aliphatic heterocycles. The van der Waals surface area contributed by atoms with Gasteiger partial charge < -0.3 is 4.74 Å². The Kier molecular flexibility index (Phi) is 8.54. The van der Waals surface area contributed by atoms with Gasteiger partial charge >= 0.3 is 11.9 Å². The number of nitrogens with one attached hydrogen (secondary N) is 1. The summed E-state index contributed by atoms with van der Waals surface area (Å²) < 4.78 is 45.4. The molecule has 0 unspecified atom stereocenters. The van der Waals surface area contributed by atoms with Gasteiger partial charge in [-0.15, -0.1) is 0 Å². The van der Waals surface area contributed by atoms with E-state index in [1.54, 1.807) is 25.1 Å². The van der Waals surface area contributed by atoms with E-state index in [1.807, 2.05) is 0 Å².